The lowest BCUT2D eigenvalue weighted by molar-refractivity contribution is -0.114. The Morgan fingerprint density at radius 2 is 1.71 bits per heavy atom. The Morgan fingerprint density at radius 3 is 2.26 bits per heavy atom. The summed E-state index contributed by atoms with van der Waals surface area (Å²) in [5, 5.41) is 2.93. The van der Waals surface area contributed by atoms with Crippen LogP contribution in [0.15, 0.2) is 41.3 Å². The van der Waals surface area contributed by atoms with E-state index < -0.39 is 32.5 Å². The van der Waals surface area contributed by atoms with Crippen molar-refractivity contribution in [3.8, 4) is 5.75 Å². The number of nitrogens with one attached hydrogen (secondary N) is 1. The van der Waals surface area contributed by atoms with Gasteiger partial charge in [-0.25, -0.2) is 16.8 Å². The largest absolute Gasteiger partial charge is 0.495 e. The lowest BCUT2D eigenvalue weighted by atomic mass is 10.3. The molecule has 1 saturated heterocycles. The van der Waals surface area contributed by atoms with Crippen molar-refractivity contribution >= 4 is 60.5 Å². The van der Waals surface area contributed by atoms with E-state index in [-0.39, 0.29) is 58.4 Å². The second-order valence-electron chi connectivity index (χ2n) is 7.33. The molecule has 1 heterocycles. The average Bonchev–Trinajstić information content (AvgIpc) is 2.76. The van der Waals surface area contributed by atoms with E-state index in [2.05, 4.69) is 5.32 Å². The molecule has 0 saturated carbocycles. The van der Waals surface area contributed by atoms with Gasteiger partial charge in [-0.1, -0.05) is 23.2 Å². The maximum absolute atomic E-state index is 13.1. The van der Waals surface area contributed by atoms with Crippen molar-refractivity contribution in [1.29, 1.82) is 0 Å². The normalized spacial score (nSPS) is 15.1. The van der Waals surface area contributed by atoms with Crippen LogP contribution in [0.2, 0.25) is 10.0 Å². The SMILES string of the molecule is COc1ccc(NC(=O)CN(c2cc(Cl)cc(Cl)c2)S(C)(=O)=O)cc1S(=O)(=O)N1CCOCC1. The maximum atomic E-state index is 13.1. The summed E-state index contributed by atoms with van der Waals surface area (Å²) < 4.78 is 63.5. The summed E-state index contributed by atoms with van der Waals surface area (Å²) in [5.74, 6) is -0.600. The van der Waals surface area contributed by atoms with Gasteiger partial charge in [-0.15, -0.1) is 0 Å². The Kier molecular flexibility index (Phi) is 8.32. The summed E-state index contributed by atoms with van der Waals surface area (Å²) >= 11 is 12.0. The molecule has 0 aromatic heterocycles. The third kappa shape index (κ3) is 6.32. The van der Waals surface area contributed by atoms with Crippen LogP contribution >= 0.6 is 23.2 Å². The molecule has 34 heavy (non-hydrogen) atoms. The van der Waals surface area contributed by atoms with E-state index in [4.69, 9.17) is 32.7 Å². The average molecular weight is 552 g/mol. The van der Waals surface area contributed by atoms with E-state index in [0.717, 1.165) is 10.6 Å². The molecule has 2 aromatic rings. The zero-order valence-corrected chi connectivity index (χ0v) is 21.5. The van der Waals surface area contributed by atoms with Gasteiger partial charge in [-0.2, -0.15) is 4.31 Å². The number of hydrogen-bond acceptors (Lipinski definition) is 7. The second kappa shape index (κ2) is 10.7. The van der Waals surface area contributed by atoms with Crippen LogP contribution < -0.4 is 14.4 Å². The molecular weight excluding hydrogens is 529 g/mol. The summed E-state index contributed by atoms with van der Waals surface area (Å²) in [4.78, 5) is 12.6. The Bertz CT molecular complexity index is 1260. The van der Waals surface area contributed by atoms with Gasteiger partial charge in [0.25, 0.3) is 0 Å². The number of methoxy groups -OCH3 is 1. The number of morpholine rings is 1. The van der Waals surface area contributed by atoms with Gasteiger partial charge >= 0.3 is 0 Å². The fourth-order valence-corrected chi connectivity index (χ4v) is 6.24. The fraction of sp³-hybridized carbons (Fsp3) is 0.350. The standard InChI is InChI=1S/C20H23Cl2N3O7S2/c1-31-18-4-3-16(12-19(18)34(29,30)24-5-7-32-8-6-24)23-20(26)13-25(33(2,27)28)17-10-14(21)9-15(22)11-17/h3-4,9-12H,5-8,13H2,1-2H3,(H,23,26). The number of benzene rings is 2. The number of amides is 1. The van der Waals surface area contributed by atoms with Crippen LogP contribution in [0, 0.1) is 0 Å². The summed E-state index contributed by atoms with van der Waals surface area (Å²) in [7, 11) is -6.46. The van der Waals surface area contributed by atoms with E-state index in [1.165, 1.54) is 47.8 Å². The summed E-state index contributed by atoms with van der Waals surface area (Å²) in [6.45, 7) is 0.327. The van der Waals surface area contributed by atoms with Crippen LogP contribution in [0.5, 0.6) is 5.75 Å². The molecule has 3 rings (SSSR count). The molecule has 0 atom stereocenters. The highest BCUT2D eigenvalue weighted by Crippen LogP contribution is 2.31. The summed E-state index contributed by atoms with van der Waals surface area (Å²) in [6, 6.07) is 8.29. The molecule has 2 aromatic carbocycles. The van der Waals surface area contributed by atoms with Crippen molar-refractivity contribution in [2.24, 2.45) is 0 Å². The molecule has 14 heteroatoms. The van der Waals surface area contributed by atoms with E-state index in [1.54, 1.807) is 0 Å². The first-order valence-corrected chi connectivity index (χ1v) is 14.0. The second-order valence-corrected chi connectivity index (χ2v) is 12.0. The number of rotatable bonds is 8. The van der Waals surface area contributed by atoms with Gasteiger partial charge in [0.05, 0.1) is 32.3 Å². The zero-order chi connectivity index (χ0) is 25.1. The third-order valence-electron chi connectivity index (χ3n) is 4.86. The molecule has 0 unspecified atom stereocenters. The molecule has 0 radical (unpaired) electrons. The van der Waals surface area contributed by atoms with Crippen molar-refractivity contribution in [2.75, 3.05) is 55.8 Å². The molecule has 0 bridgehead atoms. The predicted octanol–water partition coefficient (Wildman–Crippen LogP) is 2.43. The van der Waals surface area contributed by atoms with Crippen LogP contribution in [0.3, 0.4) is 0 Å². The predicted molar refractivity (Wildman–Crippen MR) is 130 cm³/mol. The Morgan fingerprint density at radius 1 is 1.09 bits per heavy atom. The van der Waals surface area contributed by atoms with Gasteiger partial charge in [-0.3, -0.25) is 9.10 Å². The van der Waals surface area contributed by atoms with Crippen molar-refractivity contribution in [3.63, 3.8) is 0 Å². The van der Waals surface area contributed by atoms with Crippen molar-refractivity contribution < 1.29 is 31.1 Å². The number of hydrogen-bond donors (Lipinski definition) is 1. The number of carbonyl (C=O) groups excluding carboxylic acids is 1. The minimum atomic E-state index is -3.92. The number of anilines is 2. The fourth-order valence-electron chi connectivity index (χ4n) is 3.30. The molecule has 1 N–H and O–H groups in total. The van der Waals surface area contributed by atoms with Gasteiger partial charge in [0.1, 0.15) is 17.2 Å². The molecule has 10 nitrogen and oxygen atoms in total. The number of sulfonamides is 2. The van der Waals surface area contributed by atoms with E-state index in [9.17, 15) is 21.6 Å². The minimum absolute atomic E-state index is 0.107. The number of nitrogens with zero attached hydrogens (tertiary/aromatic N) is 2. The highest BCUT2D eigenvalue weighted by Gasteiger charge is 2.30. The molecule has 0 spiro atoms. The van der Waals surface area contributed by atoms with Gasteiger partial charge < -0.3 is 14.8 Å². The molecule has 186 valence electrons. The summed E-state index contributed by atoms with van der Waals surface area (Å²) in [5.41, 5.74) is 0.260. The first kappa shape index (κ1) is 26.5. The van der Waals surface area contributed by atoms with Crippen LogP contribution in [0.25, 0.3) is 0 Å². The quantitative estimate of drug-likeness (QED) is 0.534. The molecule has 1 fully saturated rings. The van der Waals surface area contributed by atoms with E-state index in [0.29, 0.717) is 0 Å². The summed E-state index contributed by atoms with van der Waals surface area (Å²) in [6.07, 6.45) is 0.940. The smallest absolute Gasteiger partial charge is 0.246 e. The van der Waals surface area contributed by atoms with Crippen molar-refractivity contribution in [1.82, 2.24) is 4.31 Å². The van der Waals surface area contributed by atoms with E-state index in [1.807, 2.05) is 0 Å². The van der Waals surface area contributed by atoms with Gasteiger partial charge in [-0.05, 0) is 36.4 Å². The number of halogens is 2. The van der Waals surface area contributed by atoms with E-state index >= 15 is 0 Å². The molecule has 1 aliphatic rings. The van der Waals surface area contributed by atoms with Crippen LogP contribution in [-0.2, 0) is 29.6 Å². The lowest BCUT2D eigenvalue weighted by Crippen LogP contribution is -2.40. The van der Waals surface area contributed by atoms with Crippen molar-refractivity contribution in [3.05, 3.63) is 46.4 Å². The van der Waals surface area contributed by atoms with Gasteiger partial charge in [0.15, 0.2) is 0 Å². The lowest BCUT2D eigenvalue weighted by Gasteiger charge is -2.27. The van der Waals surface area contributed by atoms with Crippen LogP contribution in [-0.4, -0.2) is 73.3 Å². The first-order chi connectivity index (χ1) is 15.9. The van der Waals surface area contributed by atoms with Crippen LogP contribution in [0.4, 0.5) is 11.4 Å². The molecule has 0 aliphatic carbocycles. The zero-order valence-electron chi connectivity index (χ0n) is 18.3. The van der Waals surface area contributed by atoms with Crippen LogP contribution in [0.1, 0.15) is 0 Å². The Hall–Kier alpha value is -2.09. The Labute approximate surface area is 208 Å². The molecule has 1 aliphatic heterocycles. The highest BCUT2D eigenvalue weighted by atomic mass is 35.5. The number of carbonyl (C=O) groups is 1. The molecular formula is C20H23Cl2N3O7S2. The van der Waals surface area contributed by atoms with Crippen molar-refractivity contribution in [2.45, 2.75) is 4.90 Å². The van der Waals surface area contributed by atoms with Gasteiger partial charge in [0, 0.05) is 28.8 Å². The third-order valence-corrected chi connectivity index (χ3v) is 8.35. The minimum Gasteiger partial charge on any atom is -0.495 e. The monoisotopic (exact) mass is 551 g/mol. The first-order valence-electron chi connectivity index (χ1n) is 9.91. The number of ether oxygens (including phenoxy) is 2. The topological polar surface area (TPSA) is 122 Å². The van der Waals surface area contributed by atoms with Gasteiger partial charge in [0.2, 0.25) is 26.0 Å². The highest BCUT2D eigenvalue weighted by molar-refractivity contribution is 7.92. The molecule has 1 amide bonds. The maximum Gasteiger partial charge on any atom is 0.246 e. The Balaban J connectivity index is 1.87.